The van der Waals surface area contributed by atoms with E-state index in [4.69, 9.17) is 15.2 Å². The van der Waals surface area contributed by atoms with Crippen LogP contribution in [0.25, 0.3) is 0 Å². The van der Waals surface area contributed by atoms with Crippen LogP contribution in [0.15, 0.2) is 23.2 Å². The number of aliphatic imine (C=N–C) groups is 1. The largest absolute Gasteiger partial charge is 0.493 e. The molecule has 0 heterocycles. The van der Waals surface area contributed by atoms with Gasteiger partial charge in [-0.25, -0.2) is 4.99 Å². The number of nitrogens with zero attached hydrogens (tertiary/aromatic N) is 1. The first kappa shape index (κ1) is 17.1. The van der Waals surface area contributed by atoms with E-state index in [2.05, 4.69) is 24.2 Å². The molecule has 5 heteroatoms. The topological polar surface area (TPSA) is 68.9 Å². The molecule has 0 aromatic heterocycles. The Morgan fingerprint density at radius 3 is 2.71 bits per heavy atom. The van der Waals surface area contributed by atoms with Gasteiger partial charge in [-0.3, -0.25) is 0 Å². The Morgan fingerprint density at radius 1 is 1.33 bits per heavy atom. The van der Waals surface area contributed by atoms with Crippen molar-refractivity contribution in [3.8, 4) is 11.5 Å². The minimum atomic E-state index is 0.475. The standard InChI is InChI=1S/C16H27N3O2/c1-5-21-14-7-6-13(10-15(14)20-4)11-19-16(17)18-9-8-12(2)3/h6-7,10,12H,5,8-9,11H2,1-4H3,(H3,17,18,19). The van der Waals surface area contributed by atoms with E-state index in [-0.39, 0.29) is 0 Å². The molecular weight excluding hydrogens is 266 g/mol. The van der Waals surface area contributed by atoms with Gasteiger partial charge in [-0.2, -0.15) is 0 Å². The van der Waals surface area contributed by atoms with Crippen LogP contribution in [0, 0.1) is 5.92 Å². The predicted molar refractivity (Wildman–Crippen MR) is 86.9 cm³/mol. The molecule has 0 unspecified atom stereocenters. The highest BCUT2D eigenvalue weighted by Crippen LogP contribution is 2.28. The van der Waals surface area contributed by atoms with Crippen molar-refractivity contribution in [2.24, 2.45) is 16.6 Å². The summed E-state index contributed by atoms with van der Waals surface area (Å²) in [5, 5.41) is 3.12. The monoisotopic (exact) mass is 293 g/mol. The van der Waals surface area contributed by atoms with Gasteiger partial charge < -0.3 is 20.5 Å². The molecule has 5 nitrogen and oxygen atoms in total. The smallest absolute Gasteiger partial charge is 0.188 e. The second-order valence-electron chi connectivity index (χ2n) is 5.23. The van der Waals surface area contributed by atoms with Crippen LogP contribution in [-0.4, -0.2) is 26.2 Å². The van der Waals surface area contributed by atoms with Gasteiger partial charge in [0.15, 0.2) is 17.5 Å². The van der Waals surface area contributed by atoms with Crippen molar-refractivity contribution in [3.63, 3.8) is 0 Å². The number of rotatable bonds is 8. The summed E-state index contributed by atoms with van der Waals surface area (Å²) in [7, 11) is 1.63. The molecule has 0 aliphatic rings. The Morgan fingerprint density at radius 2 is 2.10 bits per heavy atom. The van der Waals surface area contributed by atoms with Gasteiger partial charge in [0.1, 0.15) is 0 Å². The zero-order chi connectivity index (χ0) is 15.7. The average molecular weight is 293 g/mol. The van der Waals surface area contributed by atoms with Gasteiger partial charge in [0.05, 0.1) is 20.3 Å². The van der Waals surface area contributed by atoms with E-state index in [0.29, 0.717) is 25.0 Å². The second-order valence-corrected chi connectivity index (χ2v) is 5.23. The molecule has 3 N–H and O–H groups in total. The van der Waals surface area contributed by atoms with Gasteiger partial charge in [-0.1, -0.05) is 19.9 Å². The lowest BCUT2D eigenvalue weighted by molar-refractivity contribution is 0.310. The minimum absolute atomic E-state index is 0.475. The zero-order valence-electron chi connectivity index (χ0n) is 13.5. The van der Waals surface area contributed by atoms with Gasteiger partial charge in [0.25, 0.3) is 0 Å². The SMILES string of the molecule is CCOc1ccc(CN=C(N)NCCC(C)C)cc1OC. The number of nitrogens with two attached hydrogens (primary N) is 1. The molecule has 1 aromatic rings. The number of guanidine groups is 1. The van der Waals surface area contributed by atoms with Crippen molar-refractivity contribution in [2.45, 2.75) is 33.7 Å². The Labute approximate surface area is 127 Å². The maximum Gasteiger partial charge on any atom is 0.188 e. The minimum Gasteiger partial charge on any atom is -0.493 e. The van der Waals surface area contributed by atoms with Crippen molar-refractivity contribution >= 4 is 5.96 Å². The summed E-state index contributed by atoms with van der Waals surface area (Å²) >= 11 is 0. The van der Waals surface area contributed by atoms with Gasteiger partial charge in [0.2, 0.25) is 0 Å². The van der Waals surface area contributed by atoms with Crippen LogP contribution < -0.4 is 20.5 Å². The molecule has 0 saturated heterocycles. The van der Waals surface area contributed by atoms with Crippen LogP contribution in [0.3, 0.4) is 0 Å². The first-order chi connectivity index (χ1) is 10.1. The van der Waals surface area contributed by atoms with E-state index in [0.717, 1.165) is 30.0 Å². The Balaban J connectivity index is 2.58. The molecule has 0 spiro atoms. The van der Waals surface area contributed by atoms with E-state index in [1.165, 1.54) is 0 Å². The van der Waals surface area contributed by atoms with Gasteiger partial charge in [-0.05, 0) is 37.0 Å². The van der Waals surface area contributed by atoms with E-state index >= 15 is 0 Å². The maximum absolute atomic E-state index is 5.84. The highest BCUT2D eigenvalue weighted by molar-refractivity contribution is 5.77. The first-order valence-electron chi connectivity index (χ1n) is 7.40. The molecule has 0 aliphatic heterocycles. The first-order valence-corrected chi connectivity index (χ1v) is 7.40. The average Bonchev–Trinajstić information content (AvgIpc) is 2.46. The lowest BCUT2D eigenvalue weighted by Gasteiger charge is -2.10. The third-order valence-electron chi connectivity index (χ3n) is 2.99. The van der Waals surface area contributed by atoms with Crippen LogP contribution in [0.4, 0.5) is 0 Å². The fourth-order valence-electron chi connectivity index (χ4n) is 1.81. The van der Waals surface area contributed by atoms with Crippen LogP contribution in [0.1, 0.15) is 32.8 Å². The molecule has 0 saturated carbocycles. The molecular formula is C16H27N3O2. The molecule has 21 heavy (non-hydrogen) atoms. The molecule has 0 bridgehead atoms. The van der Waals surface area contributed by atoms with E-state index in [9.17, 15) is 0 Å². The van der Waals surface area contributed by atoms with Crippen LogP contribution in [-0.2, 0) is 6.54 Å². The summed E-state index contributed by atoms with van der Waals surface area (Å²) in [6.45, 7) is 8.28. The number of benzene rings is 1. The van der Waals surface area contributed by atoms with Gasteiger partial charge in [-0.15, -0.1) is 0 Å². The summed E-state index contributed by atoms with van der Waals surface area (Å²) < 4.78 is 10.8. The normalized spacial score (nSPS) is 11.6. The van der Waals surface area contributed by atoms with Gasteiger partial charge >= 0.3 is 0 Å². The quantitative estimate of drug-likeness (QED) is 0.571. The Bertz CT molecular complexity index is 459. The molecule has 1 rings (SSSR count). The molecule has 0 amide bonds. The van der Waals surface area contributed by atoms with E-state index in [1.807, 2.05) is 25.1 Å². The van der Waals surface area contributed by atoms with E-state index in [1.54, 1.807) is 7.11 Å². The molecule has 0 radical (unpaired) electrons. The molecule has 0 aliphatic carbocycles. The fraction of sp³-hybridized carbons (Fsp3) is 0.562. The van der Waals surface area contributed by atoms with Crippen molar-refractivity contribution in [2.75, 3.05) is 20.3 Å². The van der Waals surface area contributed by atoms with Crippen molar-refractivity contribution in [1.29, 1.82) is 0 Å². The second kappa shape index (κ2) is 9.10. The summed E-state index contributed by atoms with van der Waals surface area (Å²) in [5.41, 5.74) is 6.87. The number of nitrogens with one attached hydrogen (secondary N) is 1. The molecule has 118 valence electrons. The third kappa shape index (κ3) is 6.38. The number of hydrogen-bond acceptors (Lipinski definition) is 3. The van der Waals surface area contributed by atoms with Crippen molar-refractivity contribution in [1.82, 2.24) is 5.32 Å². The molecule has 1 aromatic carbocycles. The highest BCUT2D eigenvalue weighted by atomic mass is 16.5. The van der Waals surface area contributed by atoms with Gasteiger partial charge in [0, 0.05) is 6.54 Å². The maximum atomic E-state index is 5.84. The third-order valence-corrected chi connectivity index (χ3v) is 2.99. The summed E-state index contributed by atoms with van der Waals surface area (Å²) in [4.78, 5) is 4.33. The Hall–Kier alpha value is -1.91. The number of hydrogen-bond donors (Lipinski definition) is 2. The highest BCUT2D eigenvalue weighted by Gasteiger charge is 2.05. The summed E-state index contributed by atoms with van der Waals surface area (Å²) in [6, 6.07) is 5.80. The lowest BCUT2D eigenvalue weighted by atomic mass is 10.1. The van der Waals surface area contributed by atoms with Crippen LogP contribution >= 0.6 is 0 Å². The molecule has 0 atom stereocenters. The summed E-state index contributed by atoms with van der Waals surface area (Å²) in [5.74, 6) is 2.59. The zero-order valence-corrected chi connectivity index (χ0v) is 13.5. The van der Waals surface area contributed by atoms with Crippen LogP contribution in [0.2, 0.25) is 0 Å². The lowest BCUT2D eigenvalue weighted by Crippen LogP contribution is -2.32. The summed E-state index contributed by atoms with van der Waals surface area (Å²) in [6.07, 6.45) is 1.08. The van der Waals surface area contributed by atoms with E-state index < -0.39 is 0 Å². The molecule has 0 fully saturated rings. The Kier molecular flexibility index (Phi) is 7.43. The van der Waals surface area contributed by atoms with Crippen molar-refractivity contribution < 1.29 is 9.47 Å². The van der Waals surface area contributed by atoms with Crippen molar-refractivity contribution in [3.05, 3.63) is 23.8 Å². The number of ether oxygens (including phenoxy) is 2. The fourth-order valence-corrected chi connectivity index (χ4v) is 1.81. The number of methoxy groups -OCH3 is 1. The predicted octanol–water partition coefficient (Wildman–Crippen LogP) is 2.54. The van der Waals surface area contributed by atoms with Crippen LogP contribution in [0.5, 0.6) is 11.5 Å².